The van der Waals surface area contributed by atoms with Crippen molar-refractivity contribution in [3.05, 3.63) is 0 Å². The molecule has 0 aliphatic heterocycles. The highest BCUT2D eigenvalue weighted by atomic mass is 16.5. The Balaban J connectivity index is 4.04. The summed E-state index contributed by atoms with van der Waals surface area (Å²) in [5.41, 5.74) is 5.39. The van der Waals surface area contributed by atoms with Crippen molar-refractivity contribution in [2.75, 3.05) is 13.7 Å². The Morgan fingerprint density at radius 3 is 2.50 bits per heavy atom. The molecule has 4 nitrogen and oxygen atoms in total. The number of methoxy groups -OCH3 is 1. The Bertz CT molecular complexity index is 156. The molecule has 0 amide bonds. The molecule has 1 atom stereocenters. The van der Waals surface area contributed by atoms with Gasteiger partial charge in [-0.2, -0.15) is 0 Å². The van der Waals surface area contributed by atoms with Crippen LogP contribution < -0.4 is 5.73 Å². The molecule has 0 unspecified atom stereocenters. The molecule has 0 radical (unpaired) electrons. The van der Waals surface area contributed by atoms with Gasteiger partial charge in [-0.05, 0) is 0 Å². The van der Waals surface area contributed by atoms with Crippen LogP contribution in [0.3, 0.4) is 0 Å². The number of hydrogen-bond acceptors (Lipinski definition) is 3. The second-order valence-electron chi connectivity index (χ2n) is 3.63. The van der Waals surface area contributed by atoms with Gasteiger partial charge in [0.1, 0.15) is 0 Å². The number of carboxylic acids is 1. The third-order valence-corrected chi connectivity index (χ3v) is 1.91. The summed E-state index contributed by atoms with van der Waals surface area (Å²) >= 11 is 0. The Hall–Kier alpha value is -0.610. The number of carbonyl (C=O) groups is 1. The van der Waals surface area contributed by atoms with E-state index >= 15 is 0 Å². The lowest BCUT2D eigenvalue weighted by molar-refractivity contribution is -0.138. The summed E-state index contributed by atoms with van der Waals surface area (Å²) in [6, 6.07) is -0.366. The zero-order valence-electron chi connectivity index (χ0n) is 7.83. The molecule has 0 saturated heterocycles. The van der Waals surface area contributed by atoms with E-state index in [1.165, 1.54) is 0 Å². The third-order valence-electron chi connectivity index (χ3n) is 1.91. The summed E-state index contributed by atoms with van der Waals surface area (Å²) in [5, 5.41) is 8.49. The summed E-state index contributed by atoms with van der Waals surface area (Å²) in [7, 11) is 1.58. The first-order valence-electron chi connectivity index (χ1n) is 3.86. The van der Waals surface area contributed by atoms with Crippen LogP contribution in [0.5, 0.6) is 0 Å². The van der Waals surface area contributed by atoms with Crippen LogP contribution in [0.1, 0.15) is 20.3 Å². The van der Waals surface area contributed by atoms with Crippen LogP contribution >= 0.6 is 0 Å². The fraction of sp³-hybridized carbons (Fsp3) is 0.875. The molecule has 0 aliphatic carbocycles. The minimum atomic E-state index is -0.869. The molecule has 4 heteroatoms. The average Bonchev–Trinajstić information content (AvgIpc) is 1.85. The van der Waals surface area contributed by atoms with E-state index in [1.807, 2.05) is 13.8 Å². The molecular formula is C8H17NO3. The topological polar surface area (TPSA) is 72.5 Å². The molecule has 0 aromatic carbocycles. The molecule has 72 valence electrons. The zero-order chi connectivity index (χ0) is 9.78. The highest BCUT2D eigenvalue weighted by molar-refractivity contribution is 5.67. The fourth-order valence-electron chi connectivity index (χ4n) is 0.943. The van der Waals surface area contributed by atoms with Crippen LogP contribution in [-0.2, 0) is 9.53 Å². The van der Waals surface area contributed by atoms with E-state index in [0.717, 1.165) is 0 Å². The standard InChI is InChI=1S/C8H17NO3/c1-8(2,5-12-3)6(9)4-7(10)11/h6H,4-5,9H2,1-3H3,(H,10,11)/t6-/m1/s1. The van der Waals surface area contributed by atoms with Crippen LogP contribution in [0.2, 0.25) is 0 Å². The lowest BCUT2D eigenvalue weighted by Crippen LogP contribution is -2.41. The Morgan fingerprint density at radius 1 is 1.67 bits per heavy atom. The number of nitrogens with two attached hydrogens (primary N) is 1. The Labute approximate surface area is 72.7 Å². The fourth-order valence-corrected chi connectivity index (χ4v) is 0.943. The number of ether oxygens (including phenoxy) is 1. The predicted octanol–water partition coefficient (Wildman–Crippen LogP) is 0.461. The lowest BCUT2D eigenvalue weighted by atomic mass is 9.84. The van der Waals surface area contributed by atoms with Crippen molar-refractivity contribution in [2.45, 2.75) is 26.3 Å². The second kappa shape index (κ2) is 4.42. The number of hydrogen-bond donors (Lipinski definition) is 2. The quantitative estimate of drug-likeness (QED) is 0.636. The van der Waals surface area contributed by atoms with E-state index < -0.39 is 5.97 Å². The van der Waals surface area contributed by atoms with Crippen LogP contribution in [-0.4, -0.2) is 30.8 Å². The molecule has 12 heavy (non-hydrogen) atoms. The molecule has 0 rings (SSSR count). The van der Waals surface area contributed by atoms with Crippen molar-refractivity contribution in [2.24, 2.45) is 11.1 Å². The molecule has 0 fully saturated rings. The first-order chi connectivity index (χ1) is 5.40. The van der Waals surface area contributed by atoms with Gasteiger partial charge >= 0.3 is 5.97 Å². The molecule has 0 bridgehead atoms. The highest BCUT2D eigenvalue weighted by Gasteiger charge is 2.27. The summed E-state index contributed by atoms with van der Waals surface area (Å²) in [5.74, 6) is -0.869. The van der Waals surface area contributed by atoms with Crippen molar-refractivity contribution in [3.63, 3.8) is 0 Å². The van der Waals surface area contributed by atoms with Crippen molar-refractivity contribution < 1.29 is 14.6 Å². The monoisotopic (exact) mass is 175 g/mol. The van der Waals surface area contributed by atoms with Gasteiger partial charge in [0.2, 0.25) is 0 Å². The van der Waals surface area contributed by atoms with Gasteiger partial charge in [-0.25, -0.2) is 0 Å². The van der Waals surface area contributed by atoms with Crippen molar-refractivity contribution in [1.82, 2.24) is 0 Å². The summed E-state index contributed by atoms with van der Waals surface area (Å²) < 4.78 is 4.94. The largest absolute Gasteiger partial charge is 0.481 e. The van der Waals surface area contributed by atoms with Crippen LogP contribution in [0.4, 0.5) is 0 Å². The summed E-state index contributed by atoms with van der Waals surface area (Å²) in [6.07, 6.45) is -0.0175. The van der Waals surface area contributed by atoms with E-state index in [-0.39, 0.29) is 17.9 Å². The smallest absolute Gasteiger partial charge is 0.304 e. The summed E-state index contributed by atoms with van der Waals surface area (Å²) in [4.78, 5) is 10.3. The Kier molecular flexibility index (Phi) is 4.20. The predicted molar refractivity (Wildman–Crippen MR) is 45.9 cm³/mol. The van der Waals surface area contributed by atoms with Gasteiger partial charge in [-0.3, -0.25) is 4.79 Å². The van der Waals surface area contributed by atoms with Crippen molar-refractivity contribution in [1.29, 1.82) is 0 Å². The highest BCUT2D eigenvalue weighted by Crippen LogP contribution is 2.21. The van der Waals surface area contributed by atoms with E-state index in [0.29, 0.717) is 6.61 Å². The zero-order valence-corrected chi connectivity index (χ0v) is 7.83. The Morgan fingerprint density at radius 2 is 2.17 bits per heavy atom. The van der Waals surface area contributed by atoms with Crippen molar-refractivity contribution >= 4 is 5.97 Å². The van der Waals surface area contributed by atoms with Crippen molar-refractivity contribution in [3.8, 4) is 0 Å². The molecular weight excluding hydrogens is 158 g/mol. The van der Waals surface area contributed by atoms with Gasteiger partial charge in [-0.1, -0.05) is 13.8 Å². The van der Waals surface area contributed by atoms with E-state index in [2.05, 4.69) is 0 Å². The van der Waals surface area contributed by atoms with E-state index in [9.17, 15) is 4.79 Å². The SMILES string of the molecule is COCC(C)(C)[C@H](N)CC(=O)O. The first-order valence-corrected chi connectivity index (χ1v) is 3.86. The van der Waals surface area contributed by atoms with E-state index in [4.69, 9.17) is 15.6 Å². The molecule has 0 aromatic rings. The maximum absolute atomic E-state index is 10.3. The van der Waals surface area contributed by atoms with Gasteiger partial charge in [0, 0.05) is 18.6 Å². The molecule has 0 spiro atoms. The summed E-state index contributed by atoms with van der Waals surface area (Å²) in [6.45, 7) is 4.26. The maximum Gasteiger partial charge on any atom is 0.304 e. The minimum absolute atomic E-state index is 0.0175. The molecule has 3 N–H and O–H groups in total. The average molecular weight is 175 g/mol. The molecule has 0 heterocycles. The van der Waals surface area contributed by atoms with Gasteiger partial charge < -0.3 is 15.6 Å². The minimum Gasteiger partial charge on any atom is -0.481 e. The third kappa shape index (κ3) is 3.69. The van der Waals surface area contributed by atoms with E-state index in [1.54, 1.807) is 7.11 Å². The normalized spacial score (nSPS) is 14.3. The molecule has 0 aromatic heterocycles. The number of aliphatic carboxylic acids is 1. The van der Waals surface area contributed by atoms with Gasteiger partial charge in [0.05, 0.1) is 13.0 Å². The number of carboxylic acid groups (broad SMARTS) is 1. The van der Waals surface area contributed by atoms with Crippen LogP contribution in [0.25, 0.3) is 0 Å². The second-order valence-corrected chi connectivity index (χ2v) is 3.63. The van der Waals surface area contributed by atoms with Gasteiger partial charge in [-0.15, -0.1) is 0 Å². The maximum atomic E-state index is 10.3. The van der Waals surface area contributed by atoms with Gasteiger partial charge in [0.25, 0.3) is 0 Å². The number of rotatable bonds is 5. The first kappa shape index (κ1) is 11.4. The lowest BCUT2D eigenvalue weighted by Gasteiger charge is -2.29. The van der Waals surface area contributed by atoms with Crippen LogP contribution in [0, 0.1) is 5.41 Å². The van der Waals surface area contributed by atoms with Gasteiger partial charge in [0.15, 0.2) is 0 Å². The van der Waals surface area contributed by atoms with Crippen LogP contribution in [0.15, 0.2) is 0 Å². The molecule has 0 saturated carbocycles. The molecule has 0 aliphatic rings.